The van der Waals surface area contributed by atoms with Crippen molar-refractivity contribution in [2.45, 2.75) is 30.8 Å². The first-order chi connectivity index (χ1) is 8.11. The number of aliphatic hydroxyl groups excluding tert-OH is 2. The Morgan fingerprint density at radius 2 is 1.94 bits per heavy atom. The van der Waals surface area contributed by atoms with Gasteiger partial charge >= 0.3 is 0 Å². The summed E-state index contributed by atoms with van der Waals surface area (Å²) in [7, 11) is 1.57. The fourth-order valence-corrected chi connectivity index (χ4v) is 1.99. The molecule has 0 aliphatic heterocycles. The smallest absolute Gasteiger partial charge is 0.129 e. The van der Waals surface area contributed by atoms with Crippen LogP contribution in [0.15, 0.2) is 24.3 Å². The van der Waals surface area contributed by atoms with Gasteiger partial charge in [0, 0.05) is 18.5 Å². The molecule has 1 aliphatic rings. The van der Waals surface area contributed by atoms with Crippen molar-refractivity contribution in [3.05, 3.63) is 24.3 Å². The number of rotatable bonds is 3. The molecule has 0 unspecified atom stereocenters. The number of nitrogens with two attached hydrogens (primary N) is 1. The van der Waals surface area contributed by atoms with Crippen LogP contribution in [0.3, 0.4) is 0 Å². The molecule has 1 fully saturated rings. The van der Waals surface area contributed by atoms with Gasteiger partial charge < -0.3 is 25.4 Å². The first-order valence-electron chi connectivity index (χ1n) is 5.54. The number of hydrogen-bond acceptors (Lipinski definition) is 5. The van der Waals surface area contributed by atoms with Gasteiger partial charge in [-0.25, -0.2) is 0 Å². The number of ether oxygens (including phenoxy) is 2. The molecule has 0 heterocycles. The molecular formula is C12H17NO4. The monoisotopic (exact) mass is 239 g/mol. The predicted octanol–water partition coefficient (Wildman–Crippen LogP) is -0.105. The summed E-state index contributed by atoms with van der Waals surface area (Å²) in [5.41, 5.74) is 5.65. The summed E-state index contributed by atoms with van der Waals surface area (Å²) >= 11 is 0. The van der Waals surface area contributed by atoms with Gasteiger partial charge in [-0.3, -0.25) is 0 Å². The molecule has 1 aliphatic carbocycles. The number of benzene rings is 1. The van der Waals surface area contributed by atoms with Gasteiger partial charge in [-0.2, -0.15) is 0 Å². The van der Waals surface area contributed by atoms with E-state index < -0.39 is 24.4 Å². The van der Waals surface area contributed by atoms with Gasteiger partial charge in [0.2, 0.25) is 0 Å². The van der Waals surface area contributed by atoms with Gasteiger partial charge in [0.15, 0.2) is 0 Å². The maximum Gasteiger partial charge on any atom is 0.129 e. The van der Waals surface area contributed by atoms with Crippen LogP contribution in [-0.2, 0) is 0 Å². The van der Waals surface area contributed by atoms with E-state index in [1.807, 2.05) is 0 Å². The van der Waals surface area contributed by atoms with Crippen LogP contribution in [-0.4, -0.2) is 41.7 Å². The van der Waals surface area contributed by atoms with E-state index >= 15 is 0 Å². The SMILES string of the molecule is COc1cccc(O[C@@H]2C[C@@H](N)[C@H](O)[C@H]2O)c1. The molecule has 5 nitrogen and oxygen atoms in total. The highest BCUT2D eigenvalue weighted by Gasteiger charge is 2.41. The molecule has 1 aromatic carbocycles. The Labute approximate surface area is 99.8 Å². The summed E-state index contributed by atoms with van der Waals surface area (Å²) in [5.74, 6) is 1.27. The maximum atomic E-state index is 9.73. The predicted molar refractivity (Wildman–Crippen MR) is 62.0 cm³/mol. The third kappa shape index (κ3) is 2.52. The average Bonchev–Trinajstić information content (AvgIpc) is 2.57. The van der Waals surface area contributed by atoms with Crippen molar-refractivity contribution in [1.29, 1.82) is 0 Å². The molecule has 2 rings (SSSR count). The fourth-order valence-electron chi connectivity index (χ4n) is 1.99. The summed E-state index contributed by atoms with van der Waals surface area (Å²) in [6.07, 6.45) is -1.92. The number of methoxy groups -OCH3 is 1. The van der Waals surface area contributed by atoms with E-state index in [4.69, 9.17) is 15.2 Å². The fraction of sp³-hybridized carbons (Fsp3) is 0.500. The molecule has 17 heavy (non-hydrogen) atoms. The molecule has 5 heteroatoms. The number of hydrogen-bond donors (Lipinski definition) is 3. The summed E-state index contributed by atoms with van der Waals surface area (Å²) in [4.78, 5) is 0. The molecule has 0 saturated heterocycles. The standard InChI is InChI=1S/C12H17NO4/c1-16-7-3-2-4-8(5-7)17-10-6-9(13)11(14)12(10)15/h2-5,9-12,14-15H,6,13H2,1H3/t9-,10-,11+,12+/m1/s1. The lowest BCUT2D eigenvalue weighted by molar-refractivity contribution is -0.0115. The molecular weight excluding hydrogens is 222 g/mol. The van der Waals surface area contributed by atoms with Crippen LogP contribution >= 0.6 is 0 Å². The Kier molecular flexibility index (Phi) is 3.51. The minimum atomic E-state index is -0.948. The summed E-state index contributed by atoms with van der Waals surface area (Å²) in [6, 6.07) is 6.65. The average molecular weight is 239 g/mol. The third-order valence-electron chi connectivity index (χ3n) is 3.00. The third-order valence-corrected chi connectivity index (χ3v) is 3.00. The topological polar surface area (TPSA) is 84.9 Å². The quantitative estimate of drug-likeness (QED) is 0.685. The summed E-state index contributed by atoms with van der Waals surface area (Å²) in [5, 5.41) is 19.3. The molecule has 0 aromatic heterocycles. The van der Waals surface area contributed by atoms with Gasteiger partial charge in [-0.15, -0.1) is 0 Å². The first kappa shape index (κ1) is 12.2. The van der Waals surface area contributed by atoms with E-state index in [0.29, 0.717) is 17.9 Å². The highest BCUT2D eigenvalue weighted by molar-refractivity contribution is 5.33. The van der Waals surface area contributed by atoms with E-state index in [0.717, 1.165) is 0 Å². The lowest BCUT2D eigenvalue weighted by Gasteiger charge is -2.18. The molecule has 0 spiro atoms. The van der Waals surface area contributed by atoms with Crippen molar-refractivity contribution < 1.29 is 19.7 Å². The molecule has 0 bridgehead atoms. The molecule has 0 amide bonds. The van der Waals surface area contributed by atoms with E-state index in [1.54, 1.807) is 31.4 Å². The van der Waals surface area contributed by atoms with Crippen molar-refractivity contribution in [3.63, 3.8) is 0 Å². The van der Waals surface area contributed by atoms with Crippen LogP contribution < -0.4 is 15.2 Å². The van der Waals surface area contributed by atoms with Crippen molar-refractivity contribution in [2.24, 2.45) is 5.73 Å². The molecule has 4 atom stereocenters. The first-order valence-corrected chi connectivity index (χ1v) is 5.54. The van der Waals surface area contributed by atoms with Crippen molar-refractivity contribution in [3.8, 4) is 11.5 Å². The Morgan fingerprint density at radius 1 is 1.24 bits per heavy atom. The highest BCUT2D eigenvalue weighted by atomic mass is 16.5. The Balaban J connectivity index is 2.06. The molecule has 1 saturated carbocycles. The van der Waals surface area contributed by atoms with Crippen molar-refractivity contribution >= 4 is 0 Å². The van der Waals surface area contributed by atoms with Crippen LogP contribution in [0.4, 0.5) is 0 Å². The van der Waals surface area contributed by atoms with Crippen molar-refractivity contribution in [1.82, 2.24) is 0 Å². The van der Waals surface area contributed by atoms with Crippen molar-refractivity contribution in [2.75, 3.05) is 7.11 Å². The van der Waals surface area contributed by atoms with Gasteiger partial charge in [0.1, 0.15) is 23.7 Å². The lowest BCUT2D eigenvalue weighted by atomic mass is 10.2. The number of aliphatic hydroxyl groups is 2. The lowest BCUT2D eigenvalue weighted by Crippen LogP contribution is -2.37. The zero-order valence-corrected chi connectivity index (χ0v) is 9.61. The zero-order valence-electron chi connectivity index (χ0n) is 9.61. The van der Waals surface area contributed by atoms with Gasteiger partial charge in [-0.05, 0) is 12.1 Å². The Morgan fingerprint density at radius 3 is 2.53 bits per heavy atom. The minimum Gasteiger partial charge on any atom is -0.497 e. The summed E-state index contributed by atoms with van der Waals surface area (Å²) < 4.78 is 10.7. The van der Waals surface area contributed by atoms with Crippen LogP contribution in [0, 0.1) is 0 Å². The van der Waals surface area contributed by atoms with Crippen LogP contribution in [0.25, 0.3) is 0 Å². The van der Waals surface area contributed by atoms with E-state index in [1.165, 1.54) is 0 Å². The summed E-state index contributed by atoms with van der Waals surface area (Å²) in [6.45, 7) is 0. The second kappa shape index (κ2) is 4.91. The van der Waals surface area contributed by atoms with Crippen LogP contribution in [0.2, 0.25) is 0 Å². The molecule has 1 aromatic rings. The van der Waals surface area contributed by atoms with Crippen LogP contribution in [0.5, 0.6) is 11.5 Å². The maximum absolute atomic E-state index is 9.73. The van der Waals surface area contributed by atoms with Gasteiger partial charge in [-0.1, -0.05) is 6.07 Å². The van der Waals surface area contributed by atoms with E-state index in [9.17, 15) is 10.2 Å². The second-order valence-electron chi connectivity index (χ2n) is 4.22. The minimum absolute atomic E-state index is 0.430. The van der Waals surface area contributed by atoms with Crippen LogP contribution in [0.1, 0.15) is 6.42 Å². The van der Waals surface area contributed by atoms with E-state index in [-0.39, 0.29) is 0 Å². The molecule has 4 N–H and O–H groups in total. The molecule has 94 valence electrons. The van der Waals surface area contributed by atoms with Gasteiger partial charge in [0.05, 0.1) is 13.2 Å². The molecule has 0 radical (unpaired) electrons. The Bertz CT molecular complexity index is 385. The van der Waals surface area contributed by atoms with Gasteiger partial charge in [0.25, 0.3) is 0 Å². The normalized spacial score (nSPS) is 32.5. The zero-order chi connectivity index (χ0) is 12.4. The highest BCUT2D eigenvalue weighted by Crippen LogP contribution is 2.26. The second-order valence-corrected chi connectivity index (χ2v) is 4.22. The van der Waals surface area contributed by atoms with E-state index in [2.05, 4.69) is 0 Å². The largest absolute Gasteiger partial charge is 0.497 e. The Hall–Kier alpha value is -1.30.